The first kappa shape index (κ1) is 31.0. The maximum atomic E-state index is 14.1. The number of halogens is 7. The number of esters is 1. The fourth-order valence-electron chi connectivity index (χ4n) is 5.19. The number of likely N-dealkylation sites (tertiary alicyclic amines) is 1. The Balaban J connectivity index is 1.59. The second kappa shape index (κ2) is 11.9. The van der Waals surface area contributed by atoms with E-state index in [1.54, 1.807) is 24.3 Å². The molecule has 0 aliphatic carbocycles. The van der Waals surface area contributed by atoms with E-state index in [-0.39, 0.29) is 36.0 Å². The van der Waals surface area contributed by atoms with Gasteiger partial charge in [-0.2, -0.15) is 26.3 Å². The molecule has 44 heavy (non-hydrogen) atoms. The van der Waals surface area contributed by atoms with Gasteiger partial charge in [-0.05, 0) is 47.5 Å². The van der Waals surface area contributed by atoms with Gasteiger partial charge in [-0.15, -0.1) is 5.10 Å². The predicted molar refractivity (Wildman–Crippen MR) is 144 cm³/mol. The van der Waals surface area contributed by atoms with Crippen molar-refractivity contribution < 1.29 is 40.7 Å². The Labute approximate surface area is 251 Å². The van der Waals surface area contributed by atoms with Crippen LogP contribution in [0.3, 0.4) is 0 Å². The van der Waals surface area contributed by atoms with E-state index >= 15 is 0 Å². The Bertz CT molecular complexity index is 1660. The Morgan fingerprint density at radius 2 is 1.61 bits per heavy atom. The number of aromatic nitrogens is 4. The van der Waals surface area contributed by atoms with Crippen LogP contribution in [0.2, 0.25) is 5.02 Å². The quantitative estimate of drug-likeness (QED) is 0.175. The zero-order chi connectivity index (χ0) is 31.8. The molecule has 2 aromatic carbocycles. The van der Waals surface area contributed by atoms with E-state index in [0.29, 0.717) is 28.3 Å². The van der Waals surface area contributed by atoms with Crippen molar-refractivity contribution in [1.29, 1.82) is 0 Å². The Hall–Kier alpha value is -4.46. The zero-order valence-corrected chi connectivity index (χ0v) is 23.5. The third-order valence-corrected chi connectivity index (χ3v) is 7.36. The van der Waals surface area contributed by atoms with Crippen molar-refractivity contribution in [3.8, 4) is 11.3 Å². The Morgan fingerprint density at radius 3 is 2.20 bits per heavy atom. The highest BCUT2D eigenvalue weighted by molar-refractivity contribution is 6.31. The van der Waals surface area contributed by atoms with Gasteiger partial charge < -0.3 is 9.64 Å². The van der Waals surface area contributed by atoms with Crippen LogP contribution in [0.15, 0.2) is 67.0 Å². The van der Waals surface area contributed by atoms with Crippen LogP contribution in [0.5, 0.6) is 0 Å². The minimum absolute atomic E-state index is 0.0331. The van der Waals surface area contributed by atoms with E-state index in [1.807, 2.05) is 0 Å². The summed E-state index contributed by atoms with van der Waals surface area (Å²) < 4.78 is 87.7. The van der Waals surface area contributed by atoms with Crippen LogP contribution in [-0.4, -0.2) is 49.4 Å². The van der Waals surface area contributed by atoms with Gasteiger partial charge in [-0.1, -0.05) is 35.0 Å². The molecule has 1 fully saturated rings. The molecule has 8 nitrogen and oxygen atoms in total. The summed E-state index contributed by atoms with van der Waals surface area (Å²) in [4.78, 5) is 31.3. The molecule has 0 radical (unpaired) electrons. The predicted octanol–water partition coefficient (Wildman–Crippen LogP) is 6.60. The van der Waals surface area contributed by atoms with Crippen molar-refractivity contribution in [2.24, 2.45) is 0 Å². The minimum atomic E-state index is -5.05. The average molecular weight is 638 g/mol. The first-order chi connectivity index (χ1) is 20.7. The maximum Gasteiger partial charge on any atom is 0.416 e. The van der Waals surface area contributed by atoms with Gasteiger partial charge >= 0.3 is 18.3 Å². The topological polar surface area (TPSA) is 90.2 Å². The molecule has 1 aliphatic rings. The molecule has 0 saturated carbocycles. The summed E-state index contributed by atoms with van der Waals surface area (Å²) in [6.07, 6.45) is -7.78. The highest BCUT2D eigenvalue weighted by atomic mass is 35.5. The van der Waals surface area contributed by atoms with Crippen molar-refractivity contribution in [3.05, 3.63) is 100.0 Å². The molecule has 0 N–H and O–H groups in total. The third kappa shape index (κ3) is 6.39. The van der Waals surface area contributed by atoms with Crippen molar-refractivity contribution in [3.63, 3.8) is 0 Å². The number of ether oxygens (including phenoxy) is 1. The Kier molecular flexibility index (Phi) is 8.38. The van der Waals surface area contributed by atoms with Crippen molar-refractivity contribution in [2.75, 3.05) is 6.54 Å². The van der Waals surface area contributed by atoms with Gasteiger partial charge in [0, 0.05) is 42.9 Å². The number of hydrogen-bond acceptors (Lipinski definition) is 6. The fraction of sp³-hybridized carbons (Fsp3) is 0.276. The fourth-order valence-corrected chi connectivity index (χ4v) is 5.44. The van der Waals surface area contributed by atoms with Crippen LogP contribution >= 0.6 is 11.6 Å². The molecule has 2 unspecified atom stereocenters. The summed E-state index contributed by atoms with van der Waals surface area (Å²) >= 11 is 6.46. The number of benzene rings is 2. The number of carbonyl (C=O) groups is 2. The van der Waals surface area contributed by atoms with Gasteiger partial charge in [0.25, 0.3) is 5.91 Å². The lowest BCUT2D eigenvalue weighted by molar-refractivity contribution is -0.147. The first-order valence-electron chi connectivity index (χ1n) is 13.1. The summed E-state index contributed by atoms with van der Waals surface area (Å²) in [6.45, 7) is 0.784. The highest BCUT2D eigenvalue weighted by Gasteiger charge is 2.43. The van der Waals surface area contributed by atoms with E-state index in [9.17, 15) is 35.9 Å². The van der Waals surface area contributed by atoms with Gasteiger partial charge in [0.15, 0.2) is 5.69 Å². The number of rotatable bonds is 6. The SMILES string of the molecule is CC(=O)OC1CCN(C(=O)c2nnn(Cc3cc(C(F)(F)F)cc(C(F)(F)F)c3)c2-c2ccncc2)C1c1ccccc1Cl. The van der Waals surface area contributed by atoms with Gasteiger partial charge in [0.2, 0.25) is 0 Å². The molecule has 230 valence electrons. The third-order valence-electron chi connectivity index (χ3n) is 7.02. The van der Waals surface area contributed by atoms with Crippen LogP contribution in [0.4, 0.5) is 26.3 Å². The van der Waals surface area contributed by atoms with Gasteiger partial charge in [0.1, 0.15) is 11.8 Å². The van der Waals surface area contributed by atoms with Crippen molar-refractivity contribution >= 4 is 23.5 Å². The normalized spacial score (nSPS) is 17.1. The Morgan fingerprint density at radius 1 is 0.977 bits per heavy atom. The van der Waals surface area contributed by atoms with E-state index in [4.69, 9.17) is 16.3 Å². The minimum Gasteiger partial charge on any atom is -0.460 e. The molecule has 2 atom stereocenters. The summed E-state index contributed by atoms with van der Waals surface area (Å²) in [7, 11) is 0. The number of pyridine rings is 1. The number of nitrogens with zero attached hydrogens (tertiary/aromatic N) is 5. The number of hydrogen-bond donors (Lipinski definition) is 0. The lowest BCUT2D eigenvalue weighted by Gasteiger charge is -2.28. The molecule has 1 amide bonds. The van der Waals surface area contributed by atoms with Gasteiger partial charge in [-0.25, -0.2) is 4.68 Å². The largest absolute Gasteiger partial charge is 0.460 e. The van der Waals surface area contributed by atoms with Crippen molar-refractivity contribution in [1.82, 2.24) is 24.9 Å². The smallest absolute Gasteiger partial charge is 0.416 e. The van der Waals surface area contributed by atoms with Crippen LogP contribution in [0, 0.1) is 0 Å². The molecular weight excluding hydrogens is 616 g/mol. The molecule has 0 spiro atoms. The molecule has 0 bridgehead atoms. The maximum absolute atomic E-state index is 14.1. The molecule has 2 aromatic heterocycles. The van der Waals surface area contributed by atoms with Crippen LogP contribution in [0.1, 0.15) is 52.1 Å². The lowest BCUT2D eigenvalue weighted by atomic mass is 10.0. The van der Waals surface area contributed by atoms with Crippen molar-refractivity contribution in [2.45, 2.75) is 44.4 Å². The zero-order valence-electron chi connectivity index (χ0n) is 22.7. The van der Waals surface area contributed by atoms with Crippen LogP contribution in [0.25, 0.3) is 11.3 Å². The van der Waals surface area contributed by atoms with Crippen LogP contribution < -0.4 is 0 Å². The molecule has 15 heteroatoms. The van der Waals surface area contributed by atoms with E-state index < -0.39 is 54.0 Å². The highest BCUT2D eigenvalue weighted by Crippen LogP contribution is 2.40. The van der Waals surface area contributed by atoms with E-state index in [2.05, 4.69) is 15.3 Å². The molecule has 3 heterocycles. The number of carbonyl (C=O) groups excluding carboxylic acids is 2. The van der Waals surface area contributed by atoms with Gasteiger partial charge in [0.05, 0.1) is 23.7 Å². The summed E-state index contributed by atoms with van der Waals surface area (Å²) in [5, 5.41) is 8.32. The number of amides is 1. The molecule has 4 aromatic rings. The average Bonchev–Trinajstić information content (AvgIpc) is 3.56. The van der Waals surface area contributed by atoms with Crippen LogP contribution in [-0.2, 0) is 28.4 Å². The summed E-state index contributed by atoms with van der Waals surface area (Å²) in [5.41, 5.74) is -2.68. The first-order valence-corrected chi connectivity index (χ1v) is 13.5. The standard InChI is InChI=1S/C29H22ClF6N5O3/c1-16(42)44-23-8-11-40(26(23)21-4-2-3-5-22(21)30)27(43)24-25(18-6-9-37-10-7-18)41(39-38-24)15-17-12-19(28(31,32)33)14-20(13-17)29(34,35)36/h2-7,9-10,12-14,23,26H,8,11,15H2,1H3. The van der Waals surface area contributed by atoms with E-state index in [0.717, 1.165) is 4.68 Å². The number of alkyl halides is 6. The molecule has 5 rings (SSSR count). The van der Waals surface area contributed by atoms with Gasteiger partial charge in [-0.3, -0.25) is 14.6 Å². The second-order valence-corrected chi connectivity index (χ2v) is 10.4. The monoisotopic (exact) mass is 637 g/mol. The van der Waals surface area contributed by atoms with E-state index in [1.165, 1.54) is 36.4 Å². The summed E-state index contributed by atoms with van der Waals surface area (Å²) in [6, 6.07) is 10.1. The molecule has 1 aliphatic heterocycles. The second-order valence-electron chi connectivity index (χ2n) is 10.00. The summed E-state index contributed by atoms with van der Waals surface area (Å²) in [5.74, 6) is -1.23. The molecule has 1 saturated heterocycles. The lowest BCUT2D eigenvalue weighted by Crippen LogP contribution is -2.35. The molecular formula is C29H22ClF6N5O3.